The van der Waals surface area contributed by atoms with Crippen LogP contribution in [-0.4, -0.2) is 42.2 Å². The third-order valence-corrected chi connectivity index (χ3v) is 6.51. The number of amides is 2. The molecule has 2 amide bonds. The van der Waals surface area contributed by atoms with Crippen LogP contribution in [0.15, 0.2) is 67.0 Å². The summed E-state index contributed by atoms with van der Waals surface area (Å²) in [5, 5.41) is 6.42. The van der Waals surface area contributed by atoms with E-state index in [1.54, 1.807) is 31.4 Å². The Morgan fingerprint density at radius 3 is 2.53 bits per heavy atom. The highest BCUT2D eigenvalue weighted by atomic mass is 35.5. The summed E-state index contributed by atoms with van der Waals surface area (Å²) < 4.78 is 45.8. The second kappa shape index (κ2) is 11.2. The van der Waals surface area contributed by atoms with Gasteiger partial charge >= 0.3 is 12.2 Å². The number of halogens is 4. The minimum atomic E-state index is -4.45. The molecular formula is C26H26ClF3N4O2. The van der Waals surface area contributed by atoms with Crippen LogP contribution >= 0.6 is 11.6 Å². The van der Waals surface area contributed by atoms with Gasteiger partial charge in [0, 0.05) is 54.7 Å². The second-order valence-electron chi connectivity index (χ2n) is 8.65. The van der Waals surface area contributed by atoms with Crippen LogP contribution in [0.2, 0.25) is 5.02 Å². The van der Waals surface area contributed by atoms with Gasteiger partial charge in [-0.3, -0.25) is 9.88 Å². The van der Waals surface area contributed by atoms with Gasteiger partial charge in [-0.15, -0.1) is 0 Å². The Hall–Kier alpha value is -3.30. The molecule has 0 bridgehead atoms. The number of aromatic nitrogens is 1. The van der Waals surface area contributed by atoms with Gasteiger partial charge in [0.2, 0.25) is 0 Å². The smallest absolute Gasteiger partial charge is 0.416 e. The zero-order valence-electron chi connectivity index (χ0n) is 19.6. The summed E-state index contributed by atoms with van der Waals surface area (Å²) in [6.07, 6.45) is -1.46. The monoisotopic (exact) mass is 518 g/mol. The summed E-state index contributed by atoms with van der Waals surface area (Å²) in [5.74, 6) is 0.549. The van der Waals surface area contributed by atoms with E-state index >= 15 is 0 Å². The third kappa shape index (κ3) is 6.47. The molecule has 6 nitrogen and oxygen atoms in total. The highest BCUT2D eigenvalue weighted by Gasteiger charge is 2.36. The number of methoxy groups -OCH3 is 1. The van der Waals surface area contributed by atoms with E-state index in [9.17, 15) is 18.0 Å². The maximum Gasteiger partial charge on any atom is 0.416 e. The number of likely N-dealkylation sites (tertiary alicyclic amines) is 1. The fourth-order valence-corrected chi connectivity index (χ4v) is 4.59. The van der Waals surface area contributed by atoms with Crippen LogP contribution in [0.25, 0.3) is 0 Å². The molecule has 2 N–H and O–H groups in total. The molecule has 1 aliphatic rings. The Bertz CT molecular complexity index is 1170. The predicted octanol–water partition coefficient (Wildman–Crippen LogP) is 5.94. The lowest BCUT2D eigenvalue weighted by Crippen LogP contribution is -2.50. The van der Waals surface area contributed by atoms with Crippen molar-refractivity contribution in [1.82, 2.24) is 15.2 Å². The Labute approximate surface area is 212 Å². The molecular weight excluding hydrogens is 493 g/mol. The average molecular weight is 519 g/mol. The van der Waals surface area contributed by atoms with Gasteiger partial charge in [0.15, 0.2) is 0 Å². The minimum Gasteiger partial charge on any atom is -0.497 e. The Balaban J connectivity index is 1.51. The van der Waals surface area contributed by atoms with Gasteiger partial charge in [-0.2, -0.15) is 13.2 Å². The predicted molar refractivity (Wildman–Crippen MR) is 132 cm³/mol. The van der Waals surface area contributed by atoms with Crippen molar-refractivity contribution in [3.05, 3.63) is 88.7 Å². The number of carbonyl (C=O) groups excluding carboxylic acids is 1. The molecule has 0 radical (unpaired) electrons. The molecule has 36 heavy (non-hydrogen) atoms. The number of benzene rings is 2. The number of alkyl halides is 3. The second-order valence-corrected chi connectivity index (χ2v) is 9.08. The van der Waals surface area contributed by atoms with Gasteiger partial charge in [-0.05, 0) is 60.0 Å². The zero-order chi connectivity index (χ0) is 25.7. The van der Waals surface area contributed by atoms with Crippen LogP contribution in [0.3, 0.4) is 0 Å². The number of hydrogen-bond donors (Lipinski definition) is 2. The summed E-state index contributed by atoms with van der Waals surface area (Å²) in [4.78, 5) is 18.6. The van der Waals surface area contributed by atoms with E-state index in [1.165, 1.54) is 6.20 Å². The normalized spacial score (nSPS) is 18.5. The van der Waals surface area contributed by atoms with Gasteiger partial charge in [0.25, 0.3) is 0 Å². The molecule has 1 saturated heterocycles. The molecule has 4 rings (SSSR count). The summed E-state index contributed by atoms with van der Waals surface area (Å²) in [6, 6.07) is 14.7. The largest absolute Gasteiger partial charge is 0.497 e. The fourth-order valence-electron chi connectivity index (χ4n) is 4.46. The first-order valence-electron chi connectivity index (χ1n) is 11.4. The molecule has 1 aliphatic heterocycles. The van der Waals surface area contributed by atoms with Gasteiger partial charge < -0.3 is 15.4 Å². The number of rotatable bonds is 6. The Morgan fingerprint density at radius 1 is 1.14 bits per heavy atom. The first kappa shape index (κ1) is 25.8. The summed E-state index contributed by atoms with van der Waals surface area (Å²) in [6.45, 7) is 1.09. The zero-order valence-corrected chi connectivity index (χ0v) is 20.3. The number of hydrogen-bond acceptors (Lipinski definition) is 4. The number of piperidine rings is 1. The van der Waals surface area contributed by atoms with Crippen molar-refractivity contribution in [1.29, 1.82) is 0 Å². The third-order valence-electron chi connectivity index (χ3n) is 6.26. The first-order chi connectivity index (χ1) is 17.2. The standard InChI is InChI=1S/C26H26ClF3N4O2/c1-36-21-8-2-17(3-9-21)22-16-34(15-18-14-31-12-10-23(18)26(28,29)30)13-11-24(22)33-25(35)32-20-6-4-19(27)5-7-20/h2-10,12,14,22,24H,11,13,15-16H2,1H3,(H2,32,33,35)/t22-,24+/m0/s1. The van der Waals surface area contributed by atoms with Gasteiger partial charge in [0.05, 0.1) is 12.7 Å². The van der Waals surface area contributed by atoms with Crippen molar-refractivity contribution in [2.75, 3.05) is 25.5 Å². The van der Waals surface area contributed by atoms with Crippen LogP contribution < -0.4 is 15.4 Å². The van der Waals surface area contributed by atoms with Gasteiger partial charge in [-0.25, -0.2) is 4.79 Å². The number of pyridine rings is 1. The minimum absolute atomic E-state index is 0.110. The van der Waals surface area contributed by atoms with Crippen LogP contribution in [0.1, 0.15) is 29.0 Å². The SMILES string of the molecule is COc1ccc([C@@H]2CN(Cc3cnccc3C(F)(F)F)CC[C@H]2NC(=O)Nc2ccc(Cl)cc2)cc1. The molecule has 190 valence electrons. The van der Waals surface area contributed by atoms with Crippen LogP contribution in [0.5, 0.6) is 5.75 Å². The van der Waals surface area contributed by atoms with Crippen LogP contribution in [0.4, 0.5) is 23.7 Å². The molecule has 0 aliphatic carbocycles. The van der Waals surface area contributed by atoms with E-state index in [0.29, 0.717) is 36.0 Å². The molecule has 1 fully saturated rings. The van der Waals surface area contributed by atoms with E-state index in [-0.39, 0.29) is 30.1 Å². The van der Waals surface area contributed by atoms with Crippen molar-refractivity contribution in [2.24, 2.45) is 0 Å². The lowest BCUT2D eigenvalue weighted by molar-refractivity contribution is -0.138. The molecule has 2 atom stereocenters. The van der Waals surface area contributed by atoms with Gasteiger partial charge in [0.1, 0.15) is 5.75 Å². The number of nitrogens with one attached hydrogen (secondary N) is 2. The van der Waals surface area contributed by atoms with E-state index in [4.69, 9.17) is 16.3 Å². The van der Waals surface area contributed by atoms with Crippen LogP contribution in [-0.2, 0) is 12.7 Å². The molecule has 1 aromatic heterocycles. The quantitative estimate of drug-likeness (QED) is 0.424. The molecule has 0 unspecified atom stereocenters. The van der Waals surface area contributed by atoms with Crippen molar-refractivity contribution < 1.29 is 22.7 Å². The molecule has 2 aromatic carbocycles. The Kier molecular flexibility index (Phi) is 8.01. The topological polar surface area (TPSA) is 66.5 Å². The first-order valence-corrected chi connectivity index (χ1v) is 11.8. The van der Waals surface area contributed by atoms with Crippen molar-refractivity contribution in [3.63, 3.8) is 0 Å². The molecule has 10 heteroatoms. The lowest BCUT2D eigenvalue weighted by atomic mass is 9.85. The maximum absolute atomic E-state index is 13.5. The van der Waals surface area contributed by atoms with Crippen LogP contribution in [0, 0.1) is 0 Å². The molecule has 0 spiro atoms. The molecule has 2 heterocycles. The van der Waals surface area contributed by atoms with E-state index in [2.05, 4.69) is 15.6 Å². The number of urea groups is 1. The lowest BCUT2D eigenvalue weighted by Gasteiger charge is -2.39. The number of ether oxygens (including phenoxy) is 1. The number of carbonyl (C=O) groups is 1. The average Bonchev–Trinajstić information content (AvgIpc) is 2.86. The summed E-state index contributed by atoms with van der Waals surface area (Å²) in [5.41, 5.74) is 1.01. The van der Waals surface area contributed by atoms with Crippen molar-refractivity contribution >= 4 is 23.3 Å². The fraction of sp³-hybridized carbons (Fsp3) is 0.308. The van der Waals surface area contributed by atoms with Crippen molar-refractivity contribution in [2.45, 2.75) is 31.1 Å². The molecule has 0 saturated carbocycles. The van der Waals surface area contributed by atoms with Crippen molar-refractivity contribution in [3.8, 4) is 5.75 Å². The maximum atomic E-state index is 13.5. The molecule has 3 aromatic rings. The number of anilines is 1. The summed E-state index contributed by atoms with van der Waals surface area (Å²) in [7, 11) is 1.58. The van der Waals surface area contributed by atoms with Gasteiger partial charge in [-0.1, -0.05) is 23.7 Å². The number of nitrogens with zero attached hydrogens (tertiary/aromatic N) is 2. The highest BCUT2D eigenvalue weighted by molar-refractivity contribution is 6.30. The summed E-state index contributed by atoms with van der Waals surface area (Å²) >= 11 is 5.91. The van der Waals surface area contributed by atoms with E-state index < -0.39 is 11.7 Å². The van der Waals surface area contributed by atoms with E-state index in [0.717, 1.165) is 17.8 Å². The Morgan fingerprint density at radius 2 is 1.86 bits per heavy atom. The highest BCUT2D eigenvalue weighted by Crippen LogP contribution is 2.34. The van der Waals surface area contributed by atoms with E-state index in [1.807, 2.05) is 29.2 Å².